The Bertz CT molecular complexity index is 1990. The third-order valence-electron chi connectivity index (χ3n) is 9.31. The van der Waals surface area contributed by atoms with Crippen molar-refractivity contribution in [2.75, 3.05) is 12.3 Å². The molecule has 2 aliphatic rings. The molecule has 0 unspecified atom stereocenters. The van der Waals surface area contributed by atoms with Gasteiger partial charge in [-0.2, -0.15) is 13.2 Å². The Hall–Kier alpha value is -4.27. The summed E-state index contributed by atoms with van der Waals surface area (Å²) < 4.78 is 54.5. The SMILES string of the molecule is O=C(NCc1ccccc1-c1ccc([C@@H]2O[C@H](CSc3nc4ccccc4s3)C[C@H](c3ccc(CO)cc3)O2)cc1)[C@@H]1CCCN1C(=O)C(F)(F)F. The molecule has 2 amide bonds. The molecule has 4 atom stereocenters. The number of para-hydroxylation sites is 1. The van der Waals surface area contributed by atoms with Crippen LogP contribution in [0.5, 0.6) is 0 Å². The van der Waals surface area contributed by atoms with E-state index in [0.29, 0.717) is 23.5 Å². The highest BCUT2D eigenvalue weighted by atomic mass is 32.2. The fourth-order valence-corrected chi connectivity index (χ4v) is 8.73. The van der Waals surface area contributed by atoms with Gasteiger partial charge in [0.05, 0.1) is 29.0 Å². The van der Waals surface area contributed by atoms with Crippen LogP contribution in [0, 0.1) is 0 Å². The molecule has 2 saturated heterocycles. The maximum Gasteiger partial charge on any atom is 0.471 e. The molecule has 8 nitrogen and oxygen atoms in total. The van der Waals surface area contributed by atoms with Gasteiger partial charge in [-0.1, -0.05) is 96.7 Å². The molecule has 2 N–H and O–H groups in total. The number of amides is 2. The van der Waals surface area contributed by atoms with Crippen LogP contribution in [0.4, 0.5) is 13.2 Å². The molecule has 5 aromatic rings. The number of ether oxygens (including phenoxy) is 2. The minimum absolute atomic E-state index is 0.0388. The minimum Gasteiger partial charge on any atom is -0.392 e. The lowest BCUT2D eigenvalue weighted by Crippen LogP contribution is -2.50. The van der Waals surface area contributed by atoms with E-state index in [4.69, 9.17) is 14.5 Å². The molecule has 0 radical (unpaired) electrons. The number of rotatable bonds is 10. The average molecular weight is 748 g/mol. The summed E-state index contributed by atoms with van der Waals surface area (Å²) in [5, 5.41) is 12.3. The summed E-state index contributed by atoms with van der Waals surface area (Å²) >= 11 is 3.33. The Morgan fingerprint density at radius 2 is 1.67 bits per heavy atom. The zero-order valence-electron chi connectivity index (χ0n) is 27.9. The lowest BCUT2D eigenvalue weighted by Gasteiger charge is -2.36. The third kappa shape index (κ3) is 8.18. The summed E-state index contributed by atoms with van der Waals surface area (Å²) in [5.41, 5.74) is 6.12. The standard InChI is InChI=1S/C39H36F3N3O5S2/c40-39(41,42)37(48)45-19-5-9-32(45)35(47)43-21-28-6-1-2-7-30(28)25-15-17-27(18-16-25)36-49-29(20-33(50-36)26-13-11-24(22-46)12-14-26)23-51-38-44-31-8-3-4-10-34(31)52-38/h1-4,6-8,10-18,29,32-33,36,46H,5,9,19-23H2,(H,43,47)/t29-,32-,33+,36+/m0/s1. The topological polar surface area (TPSA) is 101 Å². The van der Waals surface area contributed by atoms with Crippen molar-refractivity contribution in [2.24, 2.45) is 0 Å². The van der Waals surface area contributed by atoms with Crippen molar-refractivity contribution in [3.8, 4) is 11.1 Å². The summed E-state index contributed by atoms with van der Waals surface area (Å²) in [5.74, 6) is -1.91. The zero-order chi connectivity index (χ0) is 36.2. The largest absolute Gasteiger partial charge is 0.471 e. The first-order chi connectivity index (χ1) is 25.2. The molecule has 2 aliphatic heterocycles. The number of aliphatic hydroxyl groups excluding tert-OH is 1. The molecular weight excluding hydrogens is 712 g/mol. The van der Waals surface area contributed by atoms with Gasteiger partial charge in [0.1, 0.15) is 6.04 Å². The van der Waals surface area contributed by atoms with Gasteiger partial charge in [-0.3, -0.25) is 9.59 Å². The predicted molar refractivity (Wildman–Crippen MR) is 193 cm³/mol. The van der Waals surface area contributed by atoms with Crippen LogP contribution in [-0.2, 0) is 32.2 Å². The van der Waals surface area contributed by atoms with Crippen molar-refractivity contribution in [2.45, 2.75) is 67.5 Å². The fourth-order valence-electron chi connectivity index (χ4n) is 6.62. The van der Waals surface area contributed by atoms with Crippen molar-refractivity contribution in [3.63, 3.8) is 0 Å². The summed E-state index contributed by atoms with van der Waals surface area (Å²) in [6.45, 7) is -0.0584. The minimum atomic E-state index is -5.03. The van der Waals surface area contributed by atoms with Gasteiger partial charge in [-0.05, 0) is 52.8 Å². The van der Waals surface area contributed by atoms with Gasteiger partial charge in [-0.25, -0.2) is 4.98 Å². The van der Waals surface area contributed by atoms with Crippen LogP contribution in [0.2, 0.25) is 0 Å². The molecule has 0 bridgehead atoms. The number of aliphatic hydroxyl groups is 1. The smallest absolute Gasteiger partial charge is 0.392 e. The van der Waals surface area contributed by atoms with Crippen LogP contribution >= 0.6 is 23.1 Å². The summed E-state index contributed by atoms with van der Waals surface area (Å²) in [6, 6.07) is 29.9. The molecule has 13 heteroatoms. The van der Waals surface area contributed by atoms with E-state index >= 15 is 0 Å². The fraction of sp³-hybridized carbons (Fsp3) is 0.308. The van der Waals surface area contributed by atoms with Gasteiger partial charge in [0.2, 0.25) is 5.91 Å². The van der Waals surface area contributed by atoms with Gasteiger partial charge >= 0.3 is 12.1 Å². The molecule has 7 rings (SSSR count). The van der Waals surface area contributed by atoms with Gasteiger partial charge in [0, 0.05) is 30.8 Å². The molecule has 1 aromatic heterocycles. The number of benzene rings is 4. The number of nitrogens with zero attached hydrogens (tertiary/aromatic N) is 2. The number of hydrogen-bond donors (Lipinski definition) is 2. The van der Waals surface area contributed by atoms with Gasteiger partial charge < -0.3 is 24.8 Å². The molecule has 4 aromatic carbocycles. The van der Waals surface area contributed by atoms with E-state index in [2.05, 4.69) is 11.4 Å². The van der Waals surface area contributed by atoms with Crippen molar-refractivity contribution in [1.29, 1.82) is 0 Å². The maximum atomic E-state index is 13.1. The summed E-state index contributed by atoms with van der Waals surface area (Å²) in [6.07, 6.45) is -4.89. The number of thiazole rings is 1. The third-order valence-corrected chi connectivity index (χ3v) is 11.6. The van der Waals surface area contributed by atoms with Gasteiger partial charge in [0.15, 0.2) is 10.6 Å². The first-order valence-corrected chi connectivity index (χ1v) is 18.8. The maximum absolute atomic E-state index is 13.1. The summed E-state index contributed by atoms with van der Waals surface area (Å²) in [7, 11) is 0. The second-order valence-corrected chi connectivity index (χ2v) is 15.1. The normalized spacial score (nSPS) is 20.7. The van der Waals surface area contributed by atoms with Gasteiger partial charge in [-0.15, -0.1) is 11.3 Å². The number of carbonyl (C=O) groups is 2. The zero-order valence-corrected chi connectivity index (χ0v) is 29.6. The molecule has 0 saturated carbocycles. The number of hydrogen-bond acceptors (Lipinski definition) is 8. The lowest BCUT2D eigenvalue weighted by molar-refractivity contribution is -0.245. The molecule has 270 valence electrons. The monoisotopic (exact) mass is 747 g/mol. The first kappa shape index (κ1) is 36.1. The molecule has 52 heavy (non-hydrogen) atoms. The molecule has 0 spiro atoms. The van der Waals surface area contributed by atoms with Gasteiger partial charge in [0.25, 0.3) is 0 Å². The van der Waals surface area contributed by atoms with E-state index in [1.807, 2.05) is 91.0 Å². The Kier molecular flexibility index (Phi) is 10.9. The number of aromatic nitrogens is 1. The van der Waals surface area contributed by atoms with Crippen LogP contribution in [-0.4, -0.2) is 57.4 Å². The van der Waals surface area contributed by atoms with Crippen molar-refractivity contribution >= 4 is 45.1 Å². The number of carbonyl (C=O) groups excluding carboxylic acids is 2. The predicted octanol–water partition coefficient (Wildman–Crippen LogP) is 7.96. The molecular formula is C39H36F3N3O5S2. The highest BCUT2D eigenvalue weighted by Crippen LogP contribution is 2.41. The van der Waals surface area contributed by atoms with E-state index < -0.39 is 30.3 Å². The van der Waals surface area contributed by atoms with Crippen LogP contribution in [0.1, 0.15) is 53.9 Å². The second kappa shape index (κ2) is 15.8. The van der Waals surface area contributed by atoms with Crippen molar-refractivity contribution < 1.29 is 37.3 Å². The van der Waals surface area contributed by atoms with E-state index in [0.717, 1.165) is 47.9 Å². The number of halogens is 3. The second-order valence-electron chi connectivity index (χ2n) is 12.8. The number of likely N-dealkylation sites (tertiary alicyclic amines) is 1. The lowest BCUT2D eigenvalue weighted by atomic mass is 9.97. The number of alkyl halides is 3. The van der Waals surface area contributed by atoms with E-state index in [1.54, 1.807) is 23.1 Å². The Morgan fingerprint density at radius 3 is 2.42 bits per heavy atom. The van der Waals surface area contributed by atoms with E-state index in [1.165, 1.54) is 0 Å². The van der Waals surface area contributed by atoms with E-state index in [9.17, 15) is 27.9 Å². The van der Waals surface area contributed by atoms with E-state index in [-0.39, 0.29) is 38.3 Å². The Morgan fingerprint density at radius 1 is 0.942 bits per heavy atom. The van der Waals surface area contributed by atoms with Crippen LogP contribution < -0.4 is 5.32 Å². The highest BCUT2D eigenvalue weighted by molar-refractivity contribution is 8.01. The Balaban J connectivity index is 1.05. The average Bonchev–Trinajstić information content (AvgIpc) is 3.83. The van der Waals surface area contributed by atoms with Crippen LogP contribution in [0.3, 0.4) is 0 Å². The van der Waals surface area contributed by atoms with Crippen molar-refractivity contribution in [1.82, 2.24) is 15.2 Å². The number of nitrogens with one attached hydrogen (secondary N) is 1. The van der Waals surface area contributed by atoms with Crippen molar-refractivity contribution in [3.05, 3.63) is 119 Å². The number of thioether (sulfide) groups is 1. The quantitative estimate of drug-likeness (QED) is 0.140. The molecule has 2 fully saturated rings. The van der Waals surface area contributed by atoms with Crippen LogP contribution in [0.15, 0.2) is 101 Å². The number of fused-ring (bicyclic) bond motifs is 1. The molecule has 0 aliphatic carbocycles. The molecule has 3 heterocycles. The highest BCUT2D eigenvalue weighted by Gasteiger charge is 2.47. The summed E-state index contributed by atoms with van der Waals surface area (Å²) in [4.78, 5) is 30.2. The Labute approximate surface area is 307 Å². The first-order valence-electron chi connectivity index (χ1n) is 17.0. The van der Waals surface area contributed by atoms with Crippen LogP contribution in [0.25, 0.3) is 21.3 Å².